The molecule has 1 aliphatic rings. The van der Waals surface area contributed by atoms with Gasteiger partial charge >= 0.3 is 0 Å². The van der Waals surface area contributed by atoms with Gasteiger partial charge in [-0.25, -0.2) is 0 Å². The van der Waals surface area contributed by atoms with Crippen LogP contribution in [-0.2, 0) is 0 Å². The fourth-order valence-corrected chi connectivity index (χ4v) is 3.05. The van der Waals surface area contributed by atoms with Gasteiger partial charge in [0.15, 0.2) is 0 Å². The number of hydrogen-bond donors (Lipinski definition) is 1. The van der Waals surface area contributed by atoms with Gasteiger partial charge in [0.2, 0.25) is 0 Å². The normalized spacial score (nSPS) is 17.4. The van der Waals surface area contributed by atoms with Crippen molar-refractivity contribution in [3.8, 4) is 0 Å². The average molecular weight is 277 g/mol. The van der Waals surface area contributed by atoms with Gasteiger partial charge in [0, 0.05) is 29.4 Å². The minimum absolute atomic E-state index is 0.179. The molecule has 0 aliphatic heterocycles. The number of nitro groups is 1. The monoisotopic (exact) mass is 277 g/mol. The van der Waals surface area contributed by atoms with Crippen LogP contribution in [0.3, 0.4) is 0 Å². The number of nitrogens with one attached hydrogen (secondary N) is 1. The predicted octanol–water partition coefficient (Wildman–Crippen LogP) is 3.19. The van der Waals surface area contributed by atoms with Gasteiger partial charge in [0.25, 0.3) is 5.69 Å². The molecule has 1 aromatic rings. The summed E-state index contributed by atoms with van der Waals surface area (Å²) in [5.41, 5.74) is 2.06. The molecular weight excluding hydrogens is 254 g/mol. The van der Waals surface area contributed by atoms with E-state index in [4.69, 9.17) is 0 Å². The van der Waals surface area contributed by atoms with Crippen molar-refractivity contribution in [3.63, 3.8) is 0 Å². The van der Waals surface area contributed by atoms with E-state index in [2.05, 4.69) is 24.3 Å². The van der Waals surface area contributed by atoms with Crippen molar-refractivity contribution in [2.75, 3.05) is 26.0 Å². The fraction of sp³-hybridized carbons (Fsp3) is 0.600. The van der Waals surface area contributed by atoms with Gasteiger partial charge in [-0.15, -0.1) is 0 Å². The second-order valence-electron chi connectivity index (χ2n) is 5.94. The Bertz CT molecular complexity index is 494. The molecule has 0 aromatic heterocycles. The molecule has 1 aromatic carbocycles. The smallest absolute Gasteiger partial charge is 0.272 e. The third kappa shape index (κ3) is 2.93. The molecule has 5 heteroatoms. The molecule has 0 spiro atoms. The molecule has 0 heterocycles. The number of benzene rings is 1. The lowest BCUT2D eigenvalue weighted by Gasteiger charge is -2.36. The van der Waals surface area contributed by atoms with Crippen LogP contribution in [0.4, 0.5) is 11.4 Å². The molecular formula is C15H23N3O2. The standard InChI is InChI=1S/C15H23N3O2/c1-12-10-13(6-7-14(12)18(19)20)16-11-15(17(2)3)8-4-5-9-15/h6-7,10,16H,4-5,8-9,11H2,1-3H3. The Labute approximate surface area is 120 Å². The van der Waals surface area contributed by atoms with E-state index in [1.165, 1.54) is 25.7 Å². The second-order valence-corrected chi connectivity index (χ2v) is 5.94. The fourth-order valence-electron chi connectivity index (χ4n) is 3.05. The number of nitro benzene ring substituents is 1. The highest BCUT2D eigenvalue weighted by molar-refractivity contribution is 5.53. The molecule has 0 saturated heterocycles. The summed E-state index contributed by atoms with van der Waals surface area (Å²) in [7, 11) is 4.27. The van der Waals surface area contributed by atoms with Crippen molar-refractivity contribution in [3.05, 3.63) is 33.9 Å². The van der Waals surface area contributed by atoms with E-state index >= 15 is 0 Å². The van der Waals surface area contributed by atoms with Crippen LogP contribution in [0.1, 0.15) is 31.2 Å². The van der Waals surface area contributed by atoms with E-state index in [1.807, 2.05) is 6.07 Å². The Kier molecular flexibility index (Phi) is 4.28. The molecule has 0 radical (unpaired) electrons. The lowest BCUT2D eigenvalue weighted by molar-refractivity contribution is -0.385. The molecule has 1 aliphatic carbocycles. The minimum Gasteiger partial charge on any atom is -0.383 e. The number of anilines is 1. The van der Waals surface area contributed by atoms with Crippen LogP contribution in [-0.4, -0.2) is 36.0 Å². The Morgan fingerprint density at radius 3 is 2.50 bits per heavy atom. The van der Waals surface area contributed by atoms with Gasteiger partial charge in [-0.1, -0.05) is 12.8 Å². The third-order valence-corrected chi connectivity index (χ3v) is 4.50. The van der Waals surface area contributed by atoms with Crippen LogP contribution < -0.4 is 5.32 Å². The Balaban J connectivity index is 2.07. The van der Waals surface area contributed by atoms with Crippen LogP contribution in [0, 0.1) is 17.0 Å². The van der Waals surface area contributed by atoms with Crippen LogP contribution in [0.25, 0.3) is 0 Å². The highest BCUT2D eigenvalue weighted by Crippen LogP contribution is 2.34. The van der Waals surface area contributed by atoms with Gasteiger partial charge in [-0.3, -0.25) is 10.1 Å². The summed E-state index contributed by atoms with van der Waals surface area (Å²) >= 11 is 0. The van der Waals surface area contributed by atoms with Crippen molar-refractivity contribution in [2.45, 2.75) is 38.1 Å². The van der Waals surface area contributed by atoms with Gasteiger partial charge in [-0.05, 0) is 46.0 Å². The first kappa shape index (κ1) is 14.8. The maximum atomic E-state index is 10.8. The minimum atomic E-state index is -0.336. The zero-order valence-electron chi connectivity index (χ0n) is 12.5. The summed E-state index contributed by atoms with van der Waals surface area (Å²) in [5.74, 6) is 0. The predicted molar refractivity (Wildman–Crippen MR) is 81.2 cm³/mol. The molecule has 1 saturated carbocycles. The first-order valence-corrected chi connectivity index (χ1v) is 7.11. The quantitative estimate of drug-likeness (QED) is 0.663. The van der Waals surface area contributed by atoms with E-state index in [1.54, 1.807) is 19.1 Å². The molecule has 0 unspecified atom stereocenters. The maximum absolute atomic E-state index is 10.8. The van der Waals surface area contributed by atoms with Crippen LogP contribution in [0.15, 0.2) is 18.2 Å². The van der Waals surface area contributed by atoms with Gasteiger partial charge in [0.05, 0.1) is 4.92 Å². The number of rotatable bonds is 5. The van der Waals surface area contributed by atoms with E-state index in [9.17, 15) is 10.1 Å². The average Bonchev–Trinajstić information content (AvgIpc) is 2.86. The summed E-state index contributed by atoms with van der Waals surface area (Å²) in [5, 5.41) is 14.3. The molecule has 5 nitrogen and oxygen atoms in total. The Morgan fingerprint density at radius 2 is 2.00 bits per heavy atom. The van der Waals surface area contributed by atoms with Crippen molar-refractivity contribution in [2.24, 2.45) is 0 Å². The summed E-state index contributed by atoms with van der Waals surface area (Å²) < 4.78 is 0. The topological polar surface area (TPSA) is 58.4 Å². The summed E-state index contributed by atoms with van der Waals surface area (Å²) in [6.45, 7) is 2.66. The van der Waals surface area contributed by atoms with Gasteiger partial charge < -0.3 is 10.2 Å². The van der Waals surface area contributed by atoms with Crippen LogP contribution in [0.5, 0.6) is 0 Å². The summed E-state index contributed by atoms with van der Waals surface area (Å²) in [4.78, 5) is 12.8. The molecule has 0 amide bonds. The number of likely N-dealkylation sites (N-methyl/N-ethyl adjacent to an activating group) is 1. The summed E-state index contributed by atoms with van der Waals surface area (Å²) in [6, 6.07) is 5.23. The van der Waals surface area contributed by atoms with Crippen LogP contribution in [0.2, 0.25) is 0 Å². The van der Waals surface area contributed by atoms with E-state index in [0.717, 1.165) is 12.2 Å². The molecule has 20 heavy (non-hydrogen) atoms. The largest absolute Gasteiger partial charge is 0.383 e. The molecule has 0 bridgehead atoms. The van der Waals surface area contributed by atoms with Crippen molar-refractivity contribution in [1.29, 1.82) is 0 Å². The molecule has 1 N–H and O–H groups in total. The zero-order valence-corrected chi connectivity index (χ0v) is 12.5. The highest BCUT2D eigenvalue weighted by atomic mass is 16.6. The first-order chi connectivity index (χ1) is 9.44. The van der Waals surface area contributed by atoms with E-state index in [-0.39, 0.29) is 16.1 Å². The van der Waals surface area contributed by atoms with E-state index in [0.29, 0.717) is 5.56 Å². The van der Waals surface area contributed by atoms with Gasteiger partial charge in [-0.2, -0.15) is 0 Å². The lowest BCUT2D eigenvalue weighted by atomic mass is 9.96. The zero-order chi connectivity index (χ0) is 14.8. The Hall–Kier alpha value is -1.62. The molecule has 1 fully saturated rings. The number of hydrogen-bond acceptors (Lipinski definition) is 4. The number of nitrogens with zero attached hydrogens (tertiary/aromatic N) is 2. The van der Waals surface area contributed by atoms with Crippen molar-refractivity contribution < 1.29 is 4.92 Å². The first-order valence-electron chi connectivity index (χ1n) is 7.11. The molecule has 2 rings (SSSR count). The lowest BCUT2D eigenvalue weighted by Crippen LogP contribution is -2.47. The SMILES string of the molecule is Cc1cc(NCC2(N(C)C)CCCC2)ccc1[N+](=O)[O-]. The molecule has 110 valence electrons. The van der Waals surface area contributed by atoms with Crippen molar-refractivity contribution in [1.82, 2.24) is 4.90 Å². The van der Waals surface area contributed by atoms with Crippen LogP contribution >= 0.6 is 0 Å². The highest BCUT2D eigenvalue weighted by Gasteiger charge is 2.35. The third-order valence-electron chi connectivity index (χ3n) is 4.50. The number of aryl methyl sites for hydroxylation is 1. The summed E-state index contributed by atoms with van der Waals surface area (Å²) in [6.07, 6.45) is 4.97. The van der Waals surface area contributed by atoms with Gasteiger partial charge in [0.1, 0.15) is 0 Å². The Morgan fingerprint density at radius 1 is 1.35 bits per heavy atom. The van der Waals surface area contributed by atoms with Crippen molar-refractivity contribution >= 4 is 11.4 Å². The maximum Gasteiger partial charge on any atom is 0.272 e. The van der Waals surface area contributed by atoms with E-state index < -0.39 is 0 Å². The molecule has 0 atom stereocenters. The second kappa shape index (κ2) is 5.79.